The van der Waals surface area contributed by atoms with E-state index < -0.39 is 11.9 Å². The van der Waals surface area contributed by atoms with Crippen molar-refractivity contribution in [3.05, 3.63) is 130 Å². The molecule has 8 rings (SSSR count). The van der Waals surface area contributed by atoms with Crippen LogP contribution in [-0.4, -0.2) is 43.1 Å². The molecule has 0 saturated carbocycles. The Labute approximate surface area is 440 Å². The minimum absolute atomic E-state index is 0. The predicted molar refractivity (Wildman–Crippen MR) is 276 cm³/mol. The van der Waals surface area contributed by atoms with Crippen LogP contribution in [0, 0.1) is 6.92 Å². The van der Waals surface area contributed by atoms with Crippen molar-refractivity contribution in [2.24, 2.45) is 0 Å². The number of isothiocyanates is 1. The largest absolute Gasteiger partial charge is 2.00 e. The average molecular weight is 1120 g/mol. The Hall–Kier alpha value is -5.94. The van der Waals surface area contributed by atoms with Crippen LogP contribution in [0.4, 0.5) is 13.2 Å². The van der Waals surface area contributed by atoms with Gasteiger partial charge in [0.25, 0.3) is 12.9 Å². The van der Waals surface area contributed by atoms with Gasteiger partial charge in [0.15, 0.2) is 5.75 Å². The Morgan fingerprint density at radius 2 is 1.38 bits per heavy atom. The van der Waals surface area contributed by atoms with E-state index in [0.717, 1.165) is 46.2 Å². The number of ether oxygens (including phenoxy) is 2. The maximum atomic E-state index is 12.7. The summed E-state index contributed by atoms with van der Waals surface area (Å²) in [6.45, 7) is 7.14. The third-order valence-corrected chi connectivity index (χ3v) is 14.1. The van der Waals surface area contributed by atoms with Crippen molar-refractivity contribution in [2.75, 3.05) is 0 Å². The third-order valence-electron chi connectivity index (χ3n) is 10.7. The molecule has 11 nitrogen and oxygen atoms in total. The van der Waals surface area contributed by atoms with Crippen molar-refractivity contribution in [2.45, 2.75) is 91.2 Å². The molecular weight excluding hydrogens is 1070 g/mol. The first-order valence-electron chi connectivity index (χ1n) is 22.5. The number of nitrogens with zero attached hydrogens (tertiary/aromatic N) is 7. The first-order chi connectivity index (χ1) is 34.0. The number of hydrogen-bond acceptors (Lipinski definition) is 13. The molecule has 0 fully saturated rings. The van der Waals surface area contributed by atoms with Crippen LogP contribution in [0.3, 0.4) is 0 Å². The van der Waals surface area contributed by atoms with Gasteiger partial charge in [-0.05, 0) is 127 Å². The first kappa shape index (κ1) is 56.0. The number of hydrogen-bond donors (Lipinski definition) is 0. The molecule has 0 aliphatic rings. The third kappa shape index (κ3) is 15.5. The molecule has 0 saturated heterocycles. The van der Waals surface area contributed by atoms with Gasteiger partial charge in [-0.1, -0.05) is 76.4 Å². The number of rotatable bonds is 20. The van der Waals surface area contributed by atoms with E-state index >= 15 is 0 Å². The van der Waals surface area contributed by atoms with Crippen LogP contribution in [0.15, 0.2) is 103 Å². The van der Waals surface area contributed by atoms with Crippen molar-refractivity contribution < 1.29 is 51.7 Å². The molecule has 0 aromatic carbocycles. The topological polar surface area (TPSA) is 153 Å². The van der Waals surface area contributed by atoms with Crippen molar-refractivity contribution in [3.63, 3.8) is 0 Å². The van der Waals surface area contributed by atoms with E-state index in [-0.39, 0.29) is 55.3 Å². The summed E-state index contributed by atoms with van der Waals surface area (Å²) in [6.07, 6.45) is 12.3. The van der Waals surface area contributed by atoms with Crippen LogP contribution in [0.1, 0.15) is 86.9 Å². The zero-order chi connectivity index (χ0) is 49.9. The molecule has 0 spiro atoms. The van der Waals surface area contributed by atoms with Crippen molar-refractivity contribution in [3.8, 4) is 76.3 Å². The van der Waals surface area contributed by atoms with Gasteiger partial charge in [-0.15, -0.1) is 34.0 Å². The molecule has 0 aliphatic heterocycles. The van der Waals surface area contributed by atoms with Crippen LogP contribution >= 0.6 is 46.2 Å². The number of thiocarbonyl (C=S) groups is 1. The second-order valence-electron chi connectivity index (χ2n) is 15.7. The van der Waals surface area contributed by atoms with Gasteiger partial charge >= 0.3 is 25.7 Å². The molecule has 0 N–H and O–H groups in total. The molecule has 19 heteroatoms. The Morgan fingerprint density at radius 3 is 2.04 bits per heavy atom. The summed E-state index contributed by atoms with van der Waals surface area (Å²) >= 11 is 8.91. The SMILES string of the molecule is CCCCCCc1cc(C)sc1-c1ccc(-c2ccnc(-c3nc(-c4ccccn4)cc(OC=O)c3OC=O)c2)s1.CCCCCCc1ccsc1-c1ccnc(-c2cc(C(F)(F)F)n[n-]2)c1.[N-]=C=S.[Ru+2]. The fourth-order valence-electron chi connectivity index (χ4n) is 7.46. The number of unbranched alkanes of at least 4 members (excludes halogenated alkanes) is 6. The quantitative estimate of drug-likeness (QED) is 0.0236. The Bertz CT molecular complexity index is 2990. The number of carbonyl (C=O) groups excluding carboxylic acids is 2. The van der Waals surface area contributed by atoms with Gasteiger partial charge in [-0.2, -0.15) is 18.3 Å². The summed E-state index contributed by atoms with van der Waals surface area (Å²) in [6, 6.07) is 24.1. The van der Waals surface area contributed by atoms with Crippen LogP contribution in [-0.2, 0) is 48.1 Å². The molecule has 71 heavy (non-hydrogen) atoms. The maximum absolute atomic E-state index is 12.7. The molecule has 368 valence electrons. The average Bonchev–Trinajstić information content (AvgIpc) is 4.21. The molecule has 0 unspecified atom stereocenters. The molecule has 0 bridgehead atoms. The van der Waals surface area contributed by atoms with Crippen LogP contribution < -0.4 is 14.6 Å². The number of pyridine rings is 4. The predicted octanol–water partition coefficient (Wildman–Crippen LogP) is 14.8. The van der Waals surface area contributed by atoms with Crippen LogP contribution in [0.5, 0.6) is 11.5 Å². The molecular formula is C52H48F3N7O4RuS4. The number of thiophene rings is 3. The number of aryl methyl sites for hydroxylation is 3. The van der Waals surface area contributed by atoms with E-state index in [4.69, 9.17) is 19.9 Å². The van der Waals surface area contributed by atoms with E-state index in [9.17, 15) is 22.8 Å². The second kappa shape index (κ2) is 28.2. The minimum atomic E-state index is -4.50. The zero-order valence-electron chi connectivity index (χ0n) is 38.9. The Kier molecular flexibility index (Phi) is 22.2. The molecule has 8 heterocycles. The monoisotopic (exact) mass is 1120 g/mol. The summed E-state index contributed by atoms with van der Waals surface area (Å²) in [7, 11) is 0. The standard InChI is InChI=1S/C32H29N3O4S2.C19H19F3N3S.CNS.Ru/c1-3-4-5-6-9-23-16-21(2)40-32(23)29-12-11-28(41-29)22-13-15-34-26(17-22)30-31(39-20-37)27(38-19-36)18-25(35-30)24-10-7-8-14-33-24;1-2-3-4-5-6-13-8-10-26-18(13)14-7-9-23-15(11-14)16-12-17(25-24-16)19(20,21)22;2-1-3;/h7-8,10-20H,3-6,9H2,1-2H3;7-12H,2-6H2,1H3;;/q;2*-1;+2. The molecule has 8 aromatic heterocycles. The van der Waals surface area contributed by atoms with Gasteiger partial charge in [0.05, 0.1) is 22.8 Å². The zero-order valence-corrected chi connectivity index (χ0v) is 43.9. The summed E-state index contributed by atoms with van der Waals surface area (Å²) in [5.74, 6) is 0.0490. The van der Waals surface area contributed by atoms with E-state index in [1.807, 2.05) is 35.6 Å². The van der Waals surface area contributed by atoms with Gasteiger partial charge in [0.1, 0.15) is 11.4 Å². The summed E-state index contributed by atoms with van der Waals surface area (Å²) < 4.78 is 48.6. The normalized spacial score (nSPS) is 10.7. The van der Waals surface area contributed by atoms with E-state index in [0.29, 0.717) is 22.8 Å². The smallest absolute Gasteiger partial charge is 0.753 e. The molecule has 0 amide bonds. The summed E-state index contributed by atoms with van der Waals surface area (Å²) in [5.41, 5.74) is 5.87. The minimum Gasteiger partial charge on any atom is -0.753 e. The molecule has 0 atom stereocenters. The van der Waals surface area contributed by atoms with E-state index in [2.05, 4.69) is 87.8 Å². The second-order valence-corrected chi connectivity index (χ2v) is 19.1. The van der Waals surface area contributed by atoms with Gasteiger partial charge in [0.2, 0.25) is 5.75 Å². The van der Waals surface area contributed by atoms with Gasteiger partial charge in [-0.25, -0.2) is 4.98 Å². The van der Waals surface area contributed by atoms with E-state index in [1.165, 1.54) is 81.9 Å². The fourth-order valence-corrected chi connectivity index (χ4v) is 10.6. The Balaban J connectivity index is 0.000000269. The van der Waals surface area contributed by atoms with Crippen LogP contribution in [0.2, 0.25) is 0 Å². The number of carbonyl (C=O) groups is 2. The first-order valence-corrected chi connectivity index (χ1v) is 25.4. The summed E-state index contributed by atoms with van der Waals surface area (Å²) in [5, 5.41) is 17.4. The van der Waals surface area contributed by atoms with Crippen molar-refractivity contribution >= 4 is 64.3 Å². The van der Waals surface area contributed by atoms with Crippen molar-refractivity contribution in [1.82, 2.24) is 30.1 Å². The van der Waals surface area contributed by atoms with Gasteiger partial charge in [-0.3, -0.25) is 24.5 Å². The van der Waals surface area contributed by atoms with Gasteiger partial charge < -0.3 is 25.1 Å². The fraction of sp³-hybridized carbons (Fsp3) is 0.269. The summed E-state index contributed by atoms with van der Waals surface area (Å²) in [4.78, 5) is 46.6. The Morgan fingerprint density at radius 1 is 0.718 bits per heavy atom. The molecule has 0 aliphatic carbocycles. The maximum Gasteiger partial charge on any atom is 2.00 e. The number of alkyl halides is 3. The molecule has 8 aromatic rings. The van der Waals surface area contributed by atoms with Crippen molar-refractivity contribution in [1.29, 1.82) is 0 Å². The number of halogens is 3. The number of aromatic nitrogens is 6. The van der Waals surface area contributed by atoms with E-state index in [1.54, 1.807) is 59.5 Å². The van der Waals surface area contributed by atoms with Crippen LogP contribution in [0.25, 0.3) is 70.2 Å². The molecule has 0 radical (unpaired) electrons. The van der Waals surface area contributed by atoms with Gasteiger partial charge in [0, 0.05) is 49.0 Å².